The fourth-order valence-electron chi connectivity index (χ4n) is 2.18. The molecule has 2 aromatic rings. The molecule has 1 aliphatic heterocycles. The van der Waals surface area contributed by atoms with Crippen molar-refractivity contribution >= 4 is 17.5 Å². The van der Waals surface area contributed by atoms with E-state index in [0.717, 1.165) is 0 Å². The van der Waals surface area contributed by atoms with Gasteiger partial charge < -0.3 is 5.43 Å². The van der Waals surface area contributed by atoms with Crippen molar-refractivity contribution in [2.75, 3.05) is 10.3 Å². The molecule has 5 nitrogen and oxygen atoms in total. The molecule has 2 amide bonds. The number of nitrogens with zero attached hydrogens (tertiary/aromatic N) is 2. The number of benzene rings is 1. The minimum absolute atomic E-state index is 0.173. The van der Waals surface area contributed by atoms with Gasteiger partial charge in [-0.25, -0.2) is 4.90 Å². The molecule has 2 heterocycles. The van der Waals surface area contributed by atoms with Crippen LogP contribution in [0, 0.1) is 0 Å². The van der Waals surface area contributed by atoms with Crippen molar-refractivity contribution in [3.63, 3.8) is 0 Å². The van der Waals surface area contributed by atoms with Gasteiger partial charge >= 0.3 is 0 Å². The highest BCUT2D eigenvalue weighted by Crippen LogP contribution is 2.22. The third-order valence-corrected chi connectivity index (χ3v) is 3.07. The van der Waals surface area contributed by atoms with E-state index in [4.69, 9.17) is 0 Å². The number of aromatic nitrogens is 1. The Morgan fingerprint density at radius 1 is 1.00 bits per heavy atom. The van der Waals surface area contributed by atoms with Crippen LogP contribution in [-0.2, 0) is 9.59 Å². The third kappa shape index (κ3) is 2.10. The summed E-state index contributed by atoms with van der Waals surface area (Å²) in [6, 6.07) is 12.2. The van der Waals surface area contributed by atoms with Gasteiger partial charge in [-0.2, -0.15) is 0 Å². The van der Waals surface area contributed by atoms with Crippen LogP contribution < -0.4 is 10.3 Å². The van der Waals surface area contributed by atoms with E-state index >= 15 is 0 Å². The van der Waals surface area contributed by atoms with Gasteiger partial charge in [-0.3, -0.25) is 14.3 Å². The van der Waals surface area contributed by atoms with Gasteiger partial charge in [-0.15, -0.1) is 0 Å². The van der Waals surface area contributed by atoms with Crippen molar-refractivity contribution < 1.29 is 9.59 Å². The molecule has 1 aromatic heterocycles. The third-order valence-electron chi connectivity index (χ3n) is 3.07. The molecule has 1 fully saturated rings. The Kier molecular flexibility index (Phi) is 2.79. The van der Waals surface area contributed by atoms with Crippen LogP contribution in [0.4, 0.5) is 5.69 Å². The lowest BCUT2D eigenvalue weighted by atomic mass is 10.2. The summed E-state index contributed by atoms with van der Waals surface area (Å²) in [7, 11) is 0. The lowest BCUT2D eigenvalue weighted by Gasteiger charge is -2.16. The Morgan fingerprint density at radius 2 is 1.68 bits per heavy atom. The van der Waals surface area contributed by atoms with Gasteiger partial charge in [0.15, 0.2) is 0 Å². The van der Waals surface area contributed by atoms with Gasteiger partial charge in [0.25, 0.3) is 5.91 Å². The summed E-state index contributed by atoms with van der Waals surface area (Å²) in [4.78, 5) is 25.5. The summed E-state index contributed by atoms with van der Waals surface area (Å²) in [6.45, 7) is 0. The summed E-state index contributed by atoms with van der Waals surface area (Å²) < 4.78 is 1.68. The predicted molar refractivity (Wildman–Crippen MR) is 71.1 cm³/mol. The molecule has 96 valence electrons. The molecular weight excluding hydrogens is 242 g/mol. The van der Waals surface area contributed by atoms with Crippen LogP contribution in [0.3, 0.4) is 0 Å². The molecular formula is C14H13N3O2. The number of rotatable bonds is 3. The molecule has 1 N–H and O–H groups in total. The van der Waals surface area contributed by atoms with Crippen LogP contribution in [0.25, 0.3) is 0 Å². The lowest BCUT2D eigenvalue weighted by molar-refractivity contribution is -0.121. The van der Waals surface area contributed by atoms with Crippen LogP contribution in [0.2, 0.25) is 0 Å². The summed E-state index contributed by atoms with van der Waals surface area (Å²) in [5.74, 6) is -0.397. The topological polar surface area (TPSA) is 54.3 Å². The van der Waals surface area contributed by atoms with Crippen molar-refractivity contribution in [1.29, 1.82) is 0 Å². The monoisotopic (exact) mass is 255 g/mol. The van der Waals surface area contributed by atoms with Crippen LogP contribution in [0.15, 0.2) is 54.9 Å². The zero-order valence-corrected chi connectivity index (χ0v) is 10.2. The van der Waals surface area contributed by atoms with Crippen molar-refractivity contribution in [3.8, 4) is 0 Å². The highest BCUT2D eigenvalue weighted by molar-refractivity contribution is 6.22. The van der Waals surface area contributed by atoms with Crippen molar-refractivity contribution in [3.05, 3.63) is 54.9 Å². The number of nitrogens with one attached hydrogen (secondary N) is 1. The first-order valence-electron chi connectivity index (χ1n) is 6.07. The molecule has 1 unspecified atom stereocenters. The van der Waals surface area contributed by atoms with Crippen molar-refractivity contribution in [2.45, 2.75) is 12.5 Å². The fourth-order valence-corrected chi connectivity index (χ4v) is 2.18. The first kappa shape index (κ1) is 11.5. The SMILES string of the molecule is O=C1CC(Nn2cccc2)C(=O)N1c1ccccc1. The first-order chi connectivity index (χ1) is 9.25. The molecule has 1 saturated heterocycles. The van der Waals surface area contributed by atoms with E-state index < -0.39 is 6.04 Å². The molecule has 1 aliphatic rings. The molecule has 1 aromatic carbocycles. The number of carbonyl (C=O) groups is 2. The van der Waals surface area contributed by atoms with Gasteiger partial charge in [0, 0.05) is 12.4 Å². The molecule has 3 rings (SSSR count). The number of hydrogen-bond acceptors (Lipinski definition) is 3. The van der Waals surface area contributed by atoms with E-state index in [1.54, 1.807) is 29.2 Å². The Labute approximate surface area is 110 Å². The Balaban J connectivity index is 1.82. The van der Waals surface area contributed by atoms with Crippen LogP contribution in [0.5, 0.6) is 0 Å². The van der Waals surface area contributed by atoms with Crippen molar-refractivity contribution in [2.24, 2.45) is 0 Å². The van der Waals surface area contributed by atoms with E-state index in [-0.39, 0.29) is 18.2 Å². The fraction of sp³-hybridized carbons (Fsp3) is 0.143. The number of carbonyl (C=O) groups excluding carboxylic acids is 2. The van der Waals surface area contributed by atoms with Gasteiger partial charge in [-0.05, 0) is 24.3 Å². The minimum Gasteiger partial charge on any atom is -0.313 e. The molecule has 5 heteroatoms. The molecule has 0 bridgehead atoms. The van der Waals surface area contributed by atoms with E-state index in [1.165, 1.54) is 4.90 Å². The van der Waals surface area contributed by atoms with E-state index in [2.05, 4.69) is 5.43 Å². The van der Waals surface area contributed by atoms with E-state index in [0.29, 0.717) is 5.69 Å². The maximum absolute atomic E-state index is 12.3. The zero-order valence-electron chi connectivity index (χ0n) is 10.2. The molecule has 1 atom stereocenters. The second kappa shape index (κ2) is 4.61. The zero-order chi connectivity index (χ0) is 13.2. The summed E-state index contributed by atoms with van der Waals surface area (Å²) >= 11 is 0. The van der Waals surface area contributed by atoms with Gasteiger partial charge in [0.05, 0.1) is 12.1 Å². The number of para-hydroxylation sites is 1. The standard InChI is InChI=1S/C14H13N3O2/c18-13-10-12(15-16-8-4-5-9-16)14(19)17(13)11-6-2-1-3-7-11/h1-9,12,15H,10H2. The quantitative estimate of drug-likeness (QED) is 0.843. The number of imide groups is 1. The van der Waals surface area contributed by atoms with Gasteiger partial charge in [0.2, 0.25) is 5.91 Å². The average molecular weight is 255 g/mol. The van der Waals surface area contributed by atoms with Crippen LogP contribution >= 0.6 is 0 Å². The molecule has 0 spiro atoms. The highest BCUT2D eigenvalue weighted by atomic mass is 16.2. The van der Waals surface area contributed by atoms with Gasteiger partial charge in [-0.1, -0.05) is 18.2 Å². The van der Waals surface area contributed by atoms with Crippen molar-refractivity contribution in [1.82, 2.24) is 4.68 Å². The summed E-state index contributed by atoms with van der Waals surface area (Å²) in [5, 5.41) is 0. The number of hydrogen-bond donors (Lipinski definition) is 1. The smallest absolute Gasteiger partial charge is 0.258 e. The number of anilines is 1. The Bertz CT molecular complexity index is 592. The van der Waals surface area contributed by atoms with Crippen LogP contribution in [0.1, 0.15) is 6.42 Å². The highest BCUT2D eigenvalue weighted by Gasteiger charge is 2.39. The van der Waals surface area contributed by atoms with Gasteiger partial charge in [0.1, 0.15) is 6.04 Å². The molecule has 19 heavy (non-hydrogen) atoms. The van der Waals surface area contributed by atoms with E-state index in [1.807, 2.05) is 30.3 Å². The molecule has 0 saturated carbocycles. The maximum atomic E-state index is 12.3. The summed E-state index contributed by atoms with van der Waals surface area (Å²) in [6.07, 6.45) is 3.76. The van der Waals surface area contributed by atoms with Crippen LogP contribution in [-0.4, -0.2) is 22.5 Å². The second-order valence-electron chi connectivity index (χ2n) is 4.38. The minimum atomic E-state index is -0.514. The Hall–Kier alpha value is -2.56. The number of amides is 2. The predicted octanol–water partition coefficient (Wildman–Crippen LogP) is 1.36. The lowest BCUT2D eigenvalue weighted by Crippen LogP contribution is -2.37. The summed E-state index contributed by atoms with van der Waals surface area (Å²) in [5.41, 5.74) is 3.63. The second-order valence-corrected chi connectivity index (χ2v) is 4.38. The molecule has 0 aliphatic carbocycles. The maximum Gasteiger partial charge on any atom is 0.258 e. The Morgan fingerprint density at radius 3 is 2.37 bits per heavy atom. The first-order valence-corrected chi connectivity index (χ1v) is 6.07. The van der Waals surface area contributed by atoms with E-state index in [9.17, 15) is 9.59 Å². The molecule has 0 radical (unpaired) electrons. The normalized spacial score (nSPS) is 18.9. The average Bonchev–Trinajstić information content (AvgIpc) is 3.01. The largest absolute Gasteiger partial charge is 0.313 e.